The van der Waals surface area contributed by atoms with Gasteiger partial charge in [0.25, 0.3) is 5.91 Å². The number of amides is 1. The van der Waals surface area contributed by atoms with Crippen LogP contribution in [0.25, 0.3) is 5.69 Å². The summed E-state index contributed by atoms with van der Waals surface area (Å²) in [5.41, 5.74) is 3.39. The number of anilines is 1. The maximum absolute atomic E-state index is 12.9. The standard InChI is InChI=1S/C26H24N2O7/c1-15-11-18(16(2)28(15)17-7-8-22-23(12-17)33-10-9-32-22)20(29)14-34-25(30)13-24-26(31)27-19-5-3-4-6-21(19)35-24/h3-8,11-12,24H,9-10,13-14H2,1-2H3,(H,27,31). The largest absolute Gasteiger partial charge is 0.486 e. The van der Waals surface area contributed by atoms with Crippen LogP contribution in [-0.2, 0) is 14.3 Å². The van der Waals surface area contributed by atoms with Gasteiger partial charge in [0.05, 0.1) is 12.1 Å². The van der Waals surface area contributed by atoms with Gasteiger partial charge in [0, 0.05) is 28.7 Å². The Kier molecular flexibility index (Phi) is 5.90. The highest BCUT2D eigenvalue weighted by Crippen LogP contribution is 2.34. The Morgan fingerprint density at radius 3 is 2.63 bits per heavy atom. The zero-order valence-electron chi connectivity index (χ0n) is 19.3. The third-order valence-corrected chi connectivity index (χ3v) is 5.94. The van der Waals surface area contributed by atoms with Crippen LogP contribution in [0, 0.1) is 13.8 Å². The number of esters is 1. The molecule has 0 spiro atoms. The van der Waals surface area contributed by atoms with Crippen molar-refractivity contribution in [2.45, 2.75) is 26.4 Å². The number of benzene rings is 2. The normalized spacial score (nSPS) is 16.1. The second-order valence-electron chi connectivity index (χ2n) is 8.33. The molecule has 9 heteroatoms. The van der Waals surface area contributed by atoms with E-state index in [1.165, 1.54) is 0 Å². The molecule has 9 nitrogen and oxygen atoms in total. The van der Waals surface area contributed by atoms with E-state index in [-0.39, 0.29) is 12.2 Å². The summed E-state index contributed by atoms with van der Waals surface area (Å²) in [6.45, 7) is 4.28. The first kappa shape index (κ1) is 22.5. The van der Waals surface area contributed by atoms with Gasteiger partial charge in [-0.05, 0) is 44.2 Å². The number of nitrogens with one attached hydrogen (secondary N) is 1. The first-order valence-corrected chi connectivity index (χ1v) is 11.2. The van der Waals surface area contributed by atoms with Crippen molar-refractivity contribution in [3.63, 3.8) is 0 Å². The fraction of sp³-hybridized carbons (Fsp3) is 0.269. The zero-order valence-corrected chi connectivity index (χ0v) is 19.3. The van der Waals surface area contributed by atoms with Crippen molar-refractivity contribution in [1.82, 2.24) is 4.57 Å². The maximum atomic E-state index is 12.9. The van der Waals surface area contributed by atoms with E-state index < -0.39 is 24.6 Å². The first-order valence-electron chi connectivity index (χ1n) is 11.2. The van der Waals surface area contributed by atoms with Crippen LogP contribution in [-0.4, -0.2) is 48.2 Å². The number of aryl methyl sites for hydroxylation is 1. The van der Waals surface area contributed by atoms with Gasteiger partial charge >= 0.3 is 5.97 Å². The lowest BCUT2D eigenvalue weighted by atomic mass is 10.1. The SMILES string of the molecule is Cc1cc(C(=O)COC(=O)CC2Oc3ccccc3NC2=O)c(C)n1-c1ccc2c(c1)OCCO2. The van der Waals surface area contributed by atoms with Gasteiger partial charge in [-0.25, -0.2) is 0 Å². The van der Waals surface area contributed by atoms with Gasteiger partial charge < -0.3 is 28.8 Å². The topological polar surface area (TPSA) is 105 Å². The molecule has 1 aromatic heterocycles. The summed E-state index contributed by atoms with van der Waals surface area (Å²) in [7, 11) is 0. The zero-order chi connectivity index (χ0) is 24.5. The lowest BCUT2D eigenvalue weighted by Crippen LogP contribution is -2.39. The molecule has 0 saturated heterocycles. The smallest absolute Gasteiger partial charge is 0.310 e. The molecule has 2 aromatic carbocycles. The Morgan fingerprint density at radius 2 is 1.80 bits per heavy atom. The lowest BCUT2D eigenvalue weighted by Gasteiger charge is -2.25. The lowest BCUT2D eigenvalue weighted by molar-refractivity contribution is -0.146. The molecule has 35 heavy (non-hydrogen) atoms. The minimum Gasteiger partial charge on any atom is -0.486 e. The van der Waals surface area contributed by atoms with Crippen LogP contribution in [0.1, 0.15) is 28.2 Å². The number of fused-ring (bicyclic) bond motifs is 2. The number of rotatable bonds is 6. The van der Waals surface area contributed by atoms with E-state index in [1.54, 1.807) is 30.3 Å². The van der Waals surface area contributed by atoms with Gasteiger partial charge in [0.15, 0.2) is 24.2 Å². The van der Waals surface area contributed by atoms with E-state index in [4.69, 9.17) is 18.9 Å². The third-order valence-electron chi connectivity index (χ3n) is 5.94. The maximum Gasteiger partial charge on any atom is 0.310 e. The summed E-state index contributed by atoms with van der Waals surface area (Å²) < 4.78 is 24.0. The van der Waals surface area contributed by atoms with Crippen molar-refractivity contribution < 1.29 is 33.3 Å². The Hall–Kier alpha value is -4.27. The number of carbonyl (C=O) groups excluding carboxylic acids is 3. The fourth-order valence-electron chi connectivity index (χ4n) is 4.27. The number of ether oxygens (including phenoxy) is 4. The fourth-order valence-corrected chi connectivity index (χ4v) is 4.27. The van der Waals surface area contributed by atoms with Crippen LogP contribution in [0.15, 0.2) is 48.5 Å². The molecular formula is C26H24N2O7. The number of hydrogen-bond donors (Lipinski definition) is 1. The van der Waals surface area contributed by atoms with Gasteiger partial charge in [0.2, 0.25) is 5.78 Å². The van der Waals surface area contributed by atoms with Crippen LogP contribution in [0.4, 0.5) is 5.69 Å². The average Bonchev–Trinajstić information content (AvgIpc) is 3.16. The molecule has 1 unspecified atom stereocenters. The highest BCUT2D eigenvalue weighted by Gasteiger charge is 2.30. The second-order valence-corrected chi connectivity index (χ2v) is 8.33. The Morgan fingerprint density at radius 1 is 1.03 bits per heavy atom. The predicted octanol–water partition coefficient (Wildman–Crippen LogP) is 3.38. The van der Waals surface area contributed by atoms with Crippen LogP contribution in [0.5, 0.6) is 17.2 Å². The number of ketones is 1. The third kappa shape index (κ3) is 4.44. The van der Waals surface area contributed by atoms with Crippen LogP contribution in [0.3, 0.4) is 0 Å². The highest BCUT2D eigenvalue weighted by atomic mass is 16.6. The molecule has 180 valence electrons. The summed E-state index contributed by atoms with van der Waals surface area (Å²) in [6.07, 6.45) is -1.32. The summed E-state index contributed by atoms with van der Waals surface area (Å²) in [6, 6.07) is 14.3. The molecule has 0 radical (unpaired) electrons. The number of para-hydroxylation sites is 2. The molecule has 0 bridgehead atoms. The van der Waals surface area contributed by atoms with Gasteiger partial charge in [0.1, 0.15) is 19.0 Å². The average molecular weight is 476 g/mol. The number of nitrogens with zero attached hydrogens (tertiary/aromatic N) is 1. The van der Waals surface area contributed by atoms with Crippen molar-refractivity contribution in [3.8, 4) is 22.9 Å². The summed E-state index contributed by atoms with van der Waals surface area (Å²) >= 11 is 0. The predicted molar refractivity (Wildman–Crippen MR) is 126 cm³/mol. The van der Waals surface area contributed by atoms with Crippen molar-refractivity contribution in [3.05, 3.63) is 65.5 Å². The van der Waals surface area contributed by atoms with Gasteiger partial charge in [-0.3, -0.25) is 14.4 Å². The Balaban J connectivity index is 1.24. The molecule has 0 aliphatic carbocycles. The molecule has 0 fully saturated rings. The number of aromatic nitrogens is 1. The van der Waals surface area contributed by atoms with Crippen LogP contribution < -0.4 is 19.5 Å². The van der Waals surface area contributed by atoms with E-state index in [9.17, 15) is 14.4 Å². The Bertz CT molecular complexity index is 1330. The summed E-state index contributed by atoms with van der Waals surface area (Å²) in [5.74, 6) is 0.347. The Labute approximate surface area is 201 Å². The molecule has 3 aromatic rings. The molecular weight excluding hydrogens is 452 g/mol. The number of carbonyl (C=O) groups is 3. The van der Waals surface area contributed by atoms with E-state index in [2.05, 4.69) is 5.32 Å². The second kappa shape index (κ2) is 9.17. The number of Topliss-reactive ketones (excluding diaryl/α,β-unsaturated/α-hetero) is 1. The van der Waals surface area contributed by atoms with Gasteiger partial charge in [-0.1, -0.05) is 12.1 Å². The molecule has 2 aliphatic rings. The first-order chi connectivity index (χ1) is 16.9. The summed E-state index contributed by atoms with van der Waals surface area (Å²) in [5, 5.41) is 2.70. The minimum atomic E-state index is -1.02. The van der Waals surface area contributed by atoms with Crippen molar-refractivity contribution in [1.29, 1.82) is 0 Å². The van der Waals surface area contributed by atoms with Crippen molar-refractivity contribution in [2.24, 2.45) is 0 Å². The van der Waals surface area contributed by atoms with Crippen molar-refractivity contribution in [2.75, 3.05) is 25.1 Å². The molecule has 5 rings (SSSR count). The molecule has 1 amide bonds. The number of hydrogen-bond acceptors (Lipinski definition) is 7. The molecule has 3 heterocycles. The monoisotopic (exact) mass is 476 g/mol. The van der Waals surface area contributed by atoms with Gasteiger partial charge in [-0.2, -0.15) is 0 Å². The molecule has 1 N–H and O–H groups in total. The van der Waals surface area contributed by atoms with Crippen LogP contribution in [0.2, 0.25) is 0 Å². The van der Waals surface area contributed by atoms with E-state index >= 15 is 0 Å². The highest BCUT2D eigenvalue weighted by molar-refractivity contribution is 6.01. The van der Waals surface area contributed by atoms with E-state index in [0.717, 1.165) is 11.4 Å². The van der Waals surface area contributed by atoms with E-state index in [1.807, 2.05) is 36.6 Å². The van der Waals surface area contributed by atoms with Crippen molar-refractivity contribution >= 4 is 23.3 Å². The van der Waals surface area contributed by atoms with Gasteiger partial charge in [-0.15, -0.1) is 0 Å². The van der Waals surface area contributed by atoms with Crippen LogP contribution >= 0.6 is 0 Å². The molecule has 2 aliphatic heterocycles. The molecule has 1 atom stereocenters. The molecule has 0 saturated carbocycles. The summed E-state index contributed by atoms with van der Waals surface area (Å²) in [4.78, 5) is 37.5. The quantitative estimate of drug-likeness (QED) is 0.430. The van der Waals surface area contributed by atoms with E-state index in [0.29, 0.717) is 47.4 Å². The minimum absolute atomic E-state index is 0.302.